The van der Waals surface area contributed by atoms with Gasteiger partial charge in [-0.05, 0) is 0 Å². The third kappa shape index (κ3) is 3.68. The van der Waals surface area contributed by atoms with Crippen molar-refractivity contribution in [1.82, 2.24) is 4.98 Å². The molecule has 1 rings (SSSR count). The van der Waals surface area contributed by atoms with Crippen molar-refractivity contribution in [2.24, 2.45) is 0 Å². The van der Waals surface area contributed by atoms with E-state index in [-0.39, 0.29) is 0 Å². The van der Waals surface area contributed by atoms with Crippen molar-refractivity contribution in [1.29, 1.82) is 0 Å². The van der Waals surface area contributed by atoms with Crippen molar-refractivity contribution >= 4 is 5.97 Å². The Hall–Kier alpha value is -2.13. The van der Waals surface area contributed by atoms with Crippen LogP contribution in [0.15, 0.2) is 6.07 Å². The van der Waals surface area contributed by atoms with Crippen LogP contribution in [0.3, 0.4) is 0 Å². The molecule has 1 heterocycles. The SMILES string of the molecule is COC(=O)c1nc(C(F)F)c(OC(F)(F)F)cc1OC. The molecule has 0 atom stereocenters. The van der Waals surface area contributed by atoms with Crippen LogP contribution in [0, 0.1) is 0 Å². The number of ether oxygens (including phenoxy) is 3. The van der Waals surface area contributed by atoms with Gasteiger partial charge >= 0.3 is 12.3 Å². The van der Waals surface area contributed by atoms with Crippen LogP contribution in [0.2, 0.25) is 0 Å². The molecule has 0 radical (unpaired) electrons. The van der Waals surface area contributed by atoms with Gasteiger partial charge in [0.2, 0.25) is 0 Å². The maximum absolute atomic E-state index is 12.7. The van der Waals surface area contributed by atoms with E-state index in [1.165, 1.54) is 0 Å². The first-order valence-corrected chi connectivity index (χ1v) is 4.90. The molecule has 0 aliphatic heterocycles. The van der Waals surface area contributed by atoms with Gasteiger partial charge in [-0.2, -0.15) is 0 Å². The predicted octanol–water partition coefficient (Wildman–Crippen LogP) is 2.71. The highest BCUT2D eigenvalue weighted by Gasteiger charge is 2.35. The van der Waals surface area contributed by atoms with Crippen molar-refractivity contribution in [3.8, 4) is 11.5 Å². The molecular weight excluding hydrogens is 293 g/mol. The number of pyridine rings is 1. The van der Waals surface area contributed by atoms with Crippen molar-refractivity contribution in [2.75, 3.05) is 14.2 Å². The van der Waals surface area contributed by atoms with Crippen molar-refractivity contribution < 1.29 is 41.0 Å². The molecule has 5 nitrogen and oxygen atoms in total. The molecule has 0 N–H and O–H groups in total. The van der Waals surface area contributed by atoms with Crippen LogP contribution in [0.5, 0.6) is 11.5 Å². The molecule has 0 unspecified atom stereocenters. The smallest absolute Gasteiger partial charge is 0.494 e. The van der Waals surface area contributed by atoms with Crippen molar-refractivity contribution in [2.45, 2.75) is 12.8 Å². The van der Waals surface area contributed by atoms with E-state index in [4.69, 9.17) is 0 Å². The lowest BCUT2D eigenvalue weighted by molar-refractivity contribution is -0.275. The molecule has 1 aromatic heterocycles. The molecule has 0 spiro atoms. The number of aromatic nitrogens is 1. The maximum atomic E-state index is 12.7. The van der Waals surface area contributed by atoms with Gasteiger partial charge in [-0.15, -0.1) is 13.2 Å². The zero-order valence-electron chi connectivity index (χ0n) is 10.1. The third-order valence-electron chi connectivity index (χ3n) is 2.01. The minimum atomic E-state index is -5.19. The predicted molar refractivity (Wildman–Crippen MR) is 53.8 cm³/mol. The molecule has 0 aliphatic rings. The number of hydrogen-bond donors (Lipinski definition) is 0. The van der Waals surface area contributed by atoms with Crippen LogP contribution < -0.4 is 9.47 Å². The third-order valence-corrected chi connectivity index (χ3v) is 2.01. The number of methoxy groups -OCH3 is 2. The topological polar surface area (TPSA) is 57.7 Å². The summed E-state index contributed by atoms with van der Waals surface area (Å²) in [6.45, 7) is 0. The highest BCUT2D eigenvalue weighted by atomic mass is 19.4. The molecule has 0 amide bonds. The number of esters is 1. The Bertz CT molecular complexity index is 503. The van der Waals surface area contributed by atoms with Crippen LogP contribution in [-0.4, -0.2) is 31.5 Å². The fourth-order valence-electron chi connectivity index (χ4n) is 1.25. The monoisotopic (exact) mass is 301 g/mol. The first-order chi connectivity index (χ1) is 9.19. The number of nitrogens with zero attached hydrogens (tertiary/aromatic N) is 1. The number of carbonyl (C=O) groups excluding carboxylic acids is 1. The Balaban J connectivity index is 3.41. The van der Waals surface area contributed by atoms with Gasteiger partial charge in [0.15, 0.2) is 17.2 Å². The van der Waals surface area contributed by atoms with E-state index >= 15 is 0 Å². The molecule has 1 aromatic rings. The van der Waals surface area contributed by atoms with Gasteiger partial charge in [0.25, 0.3) is 6.43 Å². The molecule has 0 aromatic carbocycles. The summed E-state index contributed by atoms with van der Waals surface area (Å²) >= 11 is 0. The van der Waals surface area contributed by atoms with E-state index in [1.807, 2.05) is 0 Å². The van der Waals surface area contributed by atoms with Crippen molar-refractivity contribution in [3.63, 3.8) is 0 Å². The van der Waals surface area contributed by atoms with Crippen LogP contribution >= 0.6 is 0 Å². The van der Waals surface area contributed by atoms with Gasteiger partial charge in [0, 0.05) is 6.07 Å². The minimum absolute atomic E-state index is 0.486. The largest absolute Gasteiger partial charge is 0.573 e. The molecule has 112 valence electrons. The summed E-state index contributed by atoms with van der Waals surface area (Å²) in [6.07, 6.45) is -8.58. The second-order valence-corrected chi connectivity index (χ2v) is 3.26. The molecule has 0 saturated carbocycles. The van der Waals surface area contributed by atoms with E-state index in [0.29, 0.717) is 6.07 Å². The van der Waals surface area contributed by atoms with E-state index in [0.717, 1.165) is 14.2 Å². The van der Waals surface area contributed by atoms with Crippen molar-refractivity contribution in [3.05, 3.63) is 17.5 Å². The summed E-state index contributed by atoms with van der Waals surface area (Å²) in [5.74, 6) is -2.88. The van der Waals surface area contributed by atoms with Gasteiger partial charge in [-0.1, -0.05) is 0 Å². The van der Waals surface area contributed by atoms with E-state index < -0.39 is 41.6 Å². The molecule has 10 heteroatoms. The molecule has 20 heavy (non-hydrogen) atoms. The Morgan fingerprint density at radius 3 is 2.25 bits per heavy atom. The normalized spacial score (nSPS) is 11.4. The zero-order valence-corrected chi connectivity index (χ0v) is 10.1. The average molecular weight is 301 g/mol. The minimum Gasteiger partial charge on any atom is -0.494 e. The van der Waals surface area contributed by atoms with Crippen LogP contribution in [0.1, 0.15) is 22.6 Å². The summed E-state index contributed by atoms with van der Waals surface area (Å²) in [7, 11) is 1.97. The first-order valence-electron chi connectivity index (χ1n) is 4.90. The summed E-state index contributed by atoms with van der Waals surface area (Å²) in [4.78, 5) is 14.4. The standard InChI is InChI=1S/C10H8F5NO4/c1-18-4-3-5(20-10(13,14)15)6(8(11)12)16-7(4)9(17)19-2/h3,8H,1-2H3. The Morgan fingerprint density at radius 2 is 1.85 bits per heavy atom. The fraction of sp³-hybridized carbons (Fsp3) is 0.400. The van der Waals surface area contributed by atoms with E-state index in [2.05, 4.69) is 19.2 Å². The van der Waals surface area contributed by atoms with Gasteiger partial charge < -0.3 is 14.2 Å². The van der Waals surface area contributed by atoms with E-state index in [9.17, 15) is 26.7 Å². The number of halogens is 5. The lowest BCUT2D eigenvalue weighted by Gasteiger charge is -2.15. The summed E-state index contributed by atoms with van der Waals surface area (Å²) in [5, 5.41) is 0. The second kappa shape index (κ2) is 5.88. The lowest BCUT2D eigenvalue weighted by atomic mass is 10.2. The quantitative estimate of drug-likeness (QED) is 0.632. The molecule has 0 aliphatic carbocycles. The molecule has 0 bridgehead atoms. The highest BCUT2D eigenvalue weighted by Crippen LogP contribution is 2.35. The number of alkyl halides is 5. The molecule has 0 saturated heterocycles. The summed E-state index contributed by atoms with van der Waals surface area (Å²) in [6, 6.07) is 0.494. The van der Waals surface area contributed by atoms with Gasteiger partial charge in [0.1, 0.15) is 5.69 Å². The number of rotatable bonds is 4. The fourth-order valence-corrected chi connectivity index (χ4v) is 1.25. The van der Waals surface area contributed by atoms with Gasteiger partial charge in [0.05, 0.1) is 14.2 Å². The Kier molecular flexibility index (Phi) is 4.69. The maximum Gasteiger partial charge on any atom is 0.573 e. The van der Waals surface area contributed by atoms with E-state index in [1.54, 1.807) is 0 Å². The van der Waals surface area contributed by atoms with Crippen LogP contribution in [-0.2, 0) is 4.74 Å². The lowest BCUT2D eigenvalue weighted by Crippen LogP contribution is -2.20. The summed E-state index contributed by atoms with van der Waals surface area (Å²) < 4.78 is 74.0. The van der Waals surface area contributed by atoms with Gasteiger partial charge in [-0.25, -0.2) is 18.6 Å². The zero-order chi connectivity index (χ0) is 15.5. The Labute approximate surface area is 109 Å². The number of carbonyl (C=O) groups is 1. The van der Waals surface area contributed by atoms with Gasteiger partial charge in [-0.3, -0.25) is 0 Å². The molecule has 0 fully saturated rings. The van der Waals surface area contributed by atoms with Crippen LogP contribution in [0.25, 0.3) is 0 Å². The highest BCUT2D eigenvalue weighted by molar-refractivity contribution is 5.90. The number of hydrogen-bond acceptors (Lipinski definition) is 5. The summed E-state index contributed by atoms with van der Waals surface area (Å²) in [5.41, 5.74) is -2.02. The molecular formula is C10H8F5NO4. The van der Waals surface area contributed by atoms with Crippen LogP contribution in [0.4, 0.5) is 22.0 Å². The second-order valence-electron chi connectivity index (χ2n) is 3.26. The first kappa shape index (κ1) is 15.9. The Morgan fingerprint density at radius 1 is 1.25 bits per heavy atom. The average Bonchev–Trinajstić information content (AvgIpc) is 2.35.